The molecule has 2 N–H and O–H groups in total. The van der Waals surface area contributed by atoms with E-state index in [2.05, 4.69) is 17.1 Å². The van der Waals surface area contributed by atoms with Crippen molar-refractivity contribution in [3.8, 4) is 5.75 Å². The van der Waals surface area contributed by atoms with Gasteiger partial charge in [0.15, 0.2) is 11.6 Å². The quantitative estimate of drug-likeness (QED) is 0.860. The van der Waals surface area contributed by atoms with Gasteiger partial charge in [0.05, 0.1) is 0 Å². The third-order valence-corrected chi connectivity index (χ3v) is 3.78. The molecule has 0 spiro atoms. The molecule has 1 aromatic carbocycles. The van der Waals surface area contributed by atoms with E-state index < -0.39 is 5.82 Å². The minimum atomic E-state index is -0.519. The first-order valence-corrected chi connectivity index (χ1v) is 7.15. The Bertz CT molecular complexity index is 405. The van der Waals surface area contributed by atoms with Crippen molar-refractivity contribution in [2.24, 2.45) is 0 Å². The average Bonchev–Trinajstić information content (AvgIpc) is 2.44. The van der Waals surface area contributed by atoms with Crippen molar-refractivity contribution in [1.82, 2.24) is 10.2 Å². The van der Waals surface area contributed by atoms with E-state index in [0.29, 0.717) is 0 Å². The van der Waals surface area contributed by atoms with Gasteiger partial charge in [-0.25, -0.2) is 4.39 Å². The lowest BCUT2D eigenvalue weighted by molar-refractivity contribution is 0.163. The van der Waals surface area contributed by atoms with Crippen LogP contribution in [0, 0.1) is 5.82 Å². The molecule has 2 rings (SSSR count). The van der Waals surface area contributed by atoms with Crippen molar-refractivity contribution in [3.05, 3.63) is 29.6 Å². The van der Waals surface area contributed by atoms with Crippen LogP contribution in [0.3, 0.4) is 0 Å². The summed E-state index contributed by atoms with van der Waals surface area (Å²) in [6.07, 6.45) is 3.32. The molecule has 1 aromatic rings. The van der Waals surface area contributed by atoms with E-state index in [-0.39, 0.29) is 11.8 Å². The van der Waals surface area contributed by atoms with E-state index in [4.69, 9.17) is 0 Å². The van der Waals surface area contributed by atoms with Crippen LogP contribution in [-0.2, 0) is 0 Å². The molecule has 3 nitrogen and oxygen atoms in total. The first-order chi connectivity index (χ1) is 9.22. The minimum absolute atomic E-state index is 0.261. The van der Waals surface area contributed by atoms with Crippen molar-refractivity contribution in [3.63, 3.8) is 0 Å². The molecule has 1 aliphatic rings. The minimum Gasteiger partial charge on any atom is -0.505 e. The number of phenols is 1. The molecule has 0 aliphatic carbocycles. The van der Waals surface area contributed by atoms with Gasteiger partial charge >= 0.3 is 0 Å². The molecular formula is C15H23FN2O. The van der Waals surface area contributed by atoms with E-state index in [1.165, 1.54) is 12.1 Å². The molecule has 0 bridgehead atoms. The largest absolute Gasteiger partial charge is 0.505 e. The lowest BCUT2D eigenvalue weighted by Gasteiger charge is -2.35. The first-order valence-electron chi connectivity index (χ1n) is 7.15. The molecular weight excluding hydrogens is 243 g/mol. The summed E-state index contributed by atoms with van der Waals surface area (Å²) in [4.78, 5) is 2.41. The number of hydrogen-bond donors (Lipinski definition) is 2. The second-order valence-corrected chi connectivity index (χ2v) is 5.15. The van der Waals surface area contributed by atoms with Crippen LogP contribution in [0.15, 0.2) is 18.2 Å². The fourth-order valence-electron chi connectivity index (χ4n) is 2.68. The lowest BCUT2D eigenvalue weighted by Crippen LogP contribution is -2.45. The summed E-state index contributed by atoms with van der Waals surface area (Å²) in [6, 6.07) is 5.06. The van der Waals surface area contributed by atoms with Crippen molar-refractivity contribution in [2.45, 2.75) is 32.2 Å². The fourth-order valence-corrected chi connectivity index (χ4v) is 2.68. The smallest absolute Gasteiger partial charge is 0.165 e. The Labute approximate surface area is 114 Å². The summed E-state index contributed by atoms with van der Waals surface area (Å²) in [5.74, 6) is -0.785. The van der Waals surface area contributed by atoms with Crippen LogP contribution in [0.4, 0.5) is 4.39 Å². The van der Waals surface area contributed by atoms with Crippen molar-refractivity contribution >= 4 is 0 Å². The summed E-state index contributed by atoms with van der Waals surface area (Å²) in [5.41, 5.74) is 0.977. The van der Waals surface area contributed by atoms with Gasteiger partial charge in [-0.15, -0.1) is 0 Å². The zero-order valence-corrected chi connectivity index (χ0v) is 11.5. The number of unbranched alkanes of at least 4 members (excludes halogenated alkanes) is 1. The number of benzene rings is 1. The topological polar surface area (TPSA) is 35.5 Å². The normalized spacial score (nSPS) is 18.4. The SMILES string of the molecule is CCCC[C@@H](c1ccc(O)c(F)c1)N1CCNCC1. The monoisotopic (exact) mass is 266 g/mol. The summed E-state index contributed by atoms with van der Waals surface area (Å²) < 4.78 is 13.5. The molecule has 0 unspecified atom stereocenters. The number of halogens is 1. The number of hydrogen-bond acceptors (Lipinski definition) is 3. The summed E-state index contributed by atoms with van der Waals surface area (Å²) in [6.45, 7) is 6.15. The van der Waals surface area contributed by atoms with E-state index in [9.17, 15) is 9.50 Å². The second kappa shape index (κ2) is 6.87. The van der Waals surface area contributed by atoms with Crippen molar-refractivity contribution in [2.75, 3.05) is 26.2 Å². The van der Waals surface area contributed by atoms with Gasteiger partial charge < -0.3 is 10.4 Å². The van der Waals surface area contributed by atoms with Gasteiger partial charge in [0.25, 0.3) is 0 Å². The Hall–Kier alpha value is -1.13. The molecule has 106 valence electrons. The highest BCUT2D eigenvalue weighted by atomic mass is 19.1. The molecule has 0 amide bonds. The number of phenolic OH excluding ortho intramolecular Hbond substituents is 1. The van der Waals surface area contributed by atoms with E-state index >= 15 is 0 Å². The second-order valence-electron chi connectivity index (χ2n) is 5.15. The van der Waals surface area contributed by atoms with Crippen LogP contribution in [0.5, 0.6) is 5.75 Å². The van der Waals surface area contributed by atoms with Crippen LogP contribution < -0.4 is 5.32 Å². The Morgan fingerprint density at radius 2 is 2.11 bits per heavy atom. The predicted molar refractivity (Wildman–Crippen MR) is 74.8 cm³/mol. The number of nitrogens with zero attached hydrogens (tertiary/aromatic N) is 1. The maximum Gasteiger partial charge on any atom is 0.165 e. The highest BCUT2D eigenvalue weighted by Gasteiger charge is 2.22. The molecule has 1 atom stereocenters. The van der Waals surface area contributed by atoms with Gasteiger partial charge in [0.1, 0.15) is 0 Å². The highest BCUT2D eigenvalue weighted by molar-refractivity contribution is 5.30. The Morgan fingerprint density at radius 3 is 2.74 bits per heavy atom. The van der Waals surface area contributed by atoms with Crippen molar-refractivity contribution < 1.29 is 9.50 Å². The number of piperazine rings is 1. The third kappa shape index (κ3) is 3.67. The zero-order chi connectivity index (χ0) is 13.7. The van der Waals surface area contributed by atoms with Crippen molar-refractivity contribution in [1.29, 1.82) is 0 Å². The van der Waals surface area contributed by atoms with Crippen LogP contribution >= 0.6 is 0 Å². The van der Waals surface area contributed by atoms with Gasteiger partial charge in [-0.3, -0.25) is 4.90 Å². The maximum absolute atomic E-state index is 13.5. The summed E-state index contributed by atoms with van der Waals surface area (Å²) >= 11 is 0. The fraction of sp³-hybridized carbons (Fsp3) is 0.600. The van der Waals surface area contributed by atoms with Gasteiger partial charge in [-0.05, 0) is 24.1 Å². The number of rotatable bonds is 5. The summed E-state index contributed by atoms with van der Waals surface area (Å²) in [5, 5.41) is 12.7. The zero-order valence-electron chi connectivity index (χ0n) is 11.5. The van der Waals surface area contributed by atoms with Gasteiger partial charge in [0.2, 0.25) is 0 Å². The lowest BCUT2D eigenvalue weighted by atomic mass is 9.98. The maximum atomic E-state index is 13.5. The molecule has 1 aliphatic heterocycles. The van der Waals surface area contributed by atoms with Gasteiger partial charge in [0, 0.05) is 32.2 Å². The molecule has 4 heteroatoms. The van der Waals surface area contributed by atoms with Gasteiger partial charge in [-0.1, -0.05) is 25.8 Å². The first kappa shape index (κ1) is 14.3. The van der Waals surface area contributed by atoms with E-state index in [1.54, 1.807) is 0 Å². The molecule has 0 radical (unpaired) electrons. The van der Waals surface area contributed by atoms with Crippen LogP contribution in [0.2, 0.25) is 0 Å². The van der Waals surface area contributed by atoms with Crippen LogP contribution in [0.1, 0.15) is 37.8 Å². The van der Waals surface area contributed by atoms with Gasteiger partial charge in [-0.2, -0.15) is 0 Å². The Morgan fingerprint density at radius 1 is 1.37 bits per heavy atom. The van der Waals surface area contributed by atoms with E-state index in [0.717, 1.165) is 51.0 Å². The van der Waals surface area contributed by atoms with E-state index in [1.807, 2.05) is 6.07 Å². The molecule has 19 heavy (non-hydrogen) atoms. The predicted octanol–water partition coefficient (Wildman–Crippen LogP) is 2.67. The molecule has 1 saturated heterocycles. The average molecular weight is 266 g/mol. The Kier molecular flexibility index (Phi) is 5.16. The Balaban J connectivity index is 2.17. The van der Waals surface area contributed by atoms with Crippen LogP contribution in [0.25, 0.3) is 0 Å². The standard InChI is InChI=1S/C15H23FN2O/c1-2-3-4-14(18-9-7-17-8-10-18)12-5-6-15(19)13(16)11-12/h5-6,11,14,17,19H,2-4,7-10H2,1H3/t14-/m0/s1. The summed E-state index contributed by atoms with van der Waals surface area (Å²) in [7, 11) is 0. The highest BCUT2D eigenvalue weighted by Crippen LogP contribution is 2.29. The molecule has 1 heterocycles. The molecule has 0 saturated carbocycles. The molecule has 1 fully saturated rings. The molecule has 0 aromatic heterocycles. The van der Waals surface area contributed by atoms with Crippen LogP contribution in [-0.4, -0.2) is 36.2 Å². The number of nitrogens with one attached hydrogen (secondary N) is 1. The number of aromatic hydroxyl groups is 1. The third-order valence-electron chi connectivity index (χ3n) is 3.78.